The summed E-state index contributed by atoms with van der Waals surface area (Å²) < 4.78 is 0. The van der Waals surface area contributed by atoms with Crippen molar-refractivity contribution < 1.29 is 9.90 Å². The Kier molecular flexibility index (Phi) is 6.57. The van der Waals surface area contributed by atoms with Crippen LogP contribution < -0.4 is 0 Å². The van der Waals surface area contributed by atoms with Gasteiger partial charge in [-0.3, -0.25) is 9.69 Å². The first-order chi connectivity index (χ1) is 9.01. The van der Waals surface area contributed by atoms with Crippen molar-refractivity contribution in [2.45, 2.75) is 40.2 Å². The first-order valence-electron chi connectivity index (χ1n) is 7.03. The van der Waals surface area contributed by atoms with Crippen LogP contribution in [-0.2, 0) is 17.8 Å². The molecule has 3 heteroatoms. The van der Waals surface area contributed by atoms with Crippen molar-refractivity contribution in [3.05, 3.63) is 35.4 Å². The summed E-state index contributed by atoms with van der Waals surface area (Å²) in [5.74, 6) is -0.0978. The maximum Gasteiger partial charge on any atom is 0.317 e. The number of carbonyl (C=O) groups is 1. The third kappa shape index (κ3) is 6.39. The fourth-order valence-corrected chi connectivity index (χ4v) is 2.23. The van der Waals surface area contributed by atoms with Crippen LogP contribution in [0.2, 0.25) is 0 Å². The van der Waals surface area contributed by atoms with Gasteiger partial charge in [0.1, 0.15) is 0 Å². The lowest BCUT2D eigenvalue weighted by Gasteiger charge is -2.19. The summed E-state index contributed by atoms with van der Waals surface area (Å²) in [5, 5.41) is 8.89. The van der Waals surface area contributed by atoms with E-state index < -0.39 is 5.97 Å². The first-order valence-corrected chi connectivity index (χ1v) is 7.03. The van der Waals surface area contributed by atoms with Crippen LogP contribution >= 0.6 is 0 Å². The van der Waals surface area contributed by atoms with Gasteiger partial charge in [0.15, 0.2) is 0 Å². The van der Waals surface area contributed by atoms with Gasteiger partial charge in [0.25, 0.3) is 0 Å². The molecule has 0 radical (unpaired) electrons. The van der Waals surface area contributed by atoms with E-state index in [1.807, 2.05) is 4.90 Å². The van der Waals surface area contributed by atoms with E-state index in [9.17, 15) is 4.79 Å². The maximum absolute atomic E-state index is 10.8. The molecular formula is C16H25NO2. The van der Waals surface area contributed by atoms with Crippen LogP contribution in [0.25, 0.3) is 0 Å². The van der Waals surface area contributed by atoms with Crippen molar-refractivity contribution in [3.8, 4) is 0 Å². The number of hydrogen-bond acceptors (Lipinski definition) is 2. The van der Waals surface area contributed by atoms with E-state index in [1.165, 1.54) is 11.1 Å². The molecule has 19 heavy (non-hydrogen) atoms. The normalized spacial score (nSPS) is 11.2. The molecule has 0 saturated carbocycles. The lowest BCUT2D eigenvalue weighted by atomic mass is 10.0. The Bertz CT molecular complexity index is 384. The molecule has 0 aromatic heterocycles. The van der Waals surface area contributed by atoms with Gasteiger partial charge in [-0.2, -0.15) is 0 Å². The van der Waals surface area contributed by atoms with Gasteiger partial charge in [-0.1, -0.05) is 45.0 Å². The number of carboxylic acids is 1. The number of hydrogen-bond donors (Lipinski definition) is 1. The highest BCUT2D eigenvalue weighted by Crippen LogP contribution is 2.11. The number of benzene rings is 1. The second-order valence-corrected chi connectivity index (χ2v) is 5.52. The van der Waals surface area contributed by atoms with Crippen LogP contribution in [0, 0.1) is 5.92 Å². The SMILES string of the molecule is CCCN(CC(=O)O)Cc1ccc(CC(C)C)cc1. The monoisotopic (exact) mass is 263 g/mol. The molecular weight excluding hydrogens is 238 g/mol. The molecule has 0 heterocycles. The lowest BCUT2D eigenvalue weighted by molar-refractivity contribution is -0.138. The van der Waals surface area contributed by atoms with E-state index in [0.717, 1.165) is 19.4 Å². The molecule has 0 aliphatic carbocycles. The maximum atomic E-state index is 10.8. The molecule has 0 saturated heterocycles. The molecule has 0 bridgehead atoms. The van der Waals surface area contributed by atoms with Gasteiger partial charge >= 0.3 is 5.97 Å². The average molecular weight is 263 g/mol. The van der Waals surface area contributed by atoms with Crippen molar-refractivity contribution in [3.63, 3.8) is 0 Å². The zero-order valence-electron chi connectivity index (χ0n) is 12.2. The van der Waals surface area contributed by atoms with E-state index >= 15 is 0 Å². The minimum atomic E-state index is -0.759. The predicted octanol–water partition coefficient (Wildman–Crippen LogP) is 3.18. The number of rotatable bonds is 8. The third-order valence-electron chi connectivity index (χ3n) is 2.97. The van der Waals surface area contributed by atoms with Crippen LogP contribution in [0.15, 0.2) is 24.3 Å². The summed E-state index contributed by atoms with van der Waals surface area (Å²) in [6.45, 7) is 8.14. The highest BCUT2D eigenvalue weighted by atomic mass is 16.4. The molecule has 0 amide bonds. The van der Waals surface area contributed by atoms with E-state index in [-0.39, 0.29) is 6.54 Å². The van der Waals surface area contributed by atoms with Gasteiger partial charge in [0.2, 0.25) is 0 Å². The molecule has 106 valence electrons. The number of carboxylic acid groups (broad SMARTS) is 1. The molecule has 3 nitrogen and oxygen atoms in total. The van der Waals surface area contributed by atoms with Crippen molar-refractivity contribution in [1.29, 1.82) is 0 Å². The van der Waals surface area contributed by atoms with Crippen molar-refractivity contribution in [1.82, 2.24) is 4.90 Å². The van der Waals surface area contributed by atoms with Gasteiger partial charge in [0, 0.05) is 6.54 Å². The van der Waals surface area contributed by atoms with Gasteiger partial charge in [-0.25, -0.2) is 0 Å². The molecule has 1 aromatic carbocycles. The van der Waals surface area contributed by atoms with Gasteiger partial charge in [-0.05, 0) is 36.4 Å². The zero-order chi connectivity index (χ0) is 14.3. The summed E-state index contributed by atoms with van der Waals surface area (Å²) in [6.07, 6.45) is 2.06. The minimum Gasteiger partial charge on any atom is -0.480 e. The summed E-state index contributed by atoms with van der Waals surface area (Å²) in [4.78, 5) is 12.8. The Balaban J connectivity index is 2.61. The largest absolute Gasteiger partial charge is 0.480 e. The Morgan fingerprint density at radius 1 is 1.21 bits per heavy atom. The van der Waals surface area contributed by atoms with Crippen LogP contribution in [0.4, 0.5) is 0 Å². The van der Waals surface area contributed by atoms with Crippen LogP contribution in [0.5, 0.6) is 0 Å². The predicted molar refractivity (Wildman–Crippen MR) is 78.2 cm³/mol. The van der Waals surface area contributed by atoms with Gasteiger partial charge in [-0.15, -0.1) is 0 Å². The van der Waals surface area contributed by atoms with Crippen molar-refractivity contribution in [2.75, 3.05) is 13.1 Å². The number of nitrogens with zero attached hydrogens (tertiary/aromatic N) is 1. The zero-order valence-corrected chi connectivity index (χ0v) is 12.2. The molecule has 0 aliphatic rings. The Labute approximate surface area is 116 Å². The summed E-state index contributed by atoms with van der Waals surface area (Å²) in [6, 6.07) is 8.53. The van der Waals surface area contributed by atoms with Gasteiger partial charge in [0.05, 0.1) is 6.54 Å². The molecule has 1 N–H and O–H groups in total. The second-order valence-electron chi connectivity index (χ2n) is 5.52. The summed E-state index contributed by atoms with van der Waals surface area (Å²) >= 11 is 0. The molecule has 0 unspecified atom stereocenters. The van der Waals surface area contributed by atoms with E-state index in [4.69, 9.17) is 5.11 Å². The summed E-state index contributed by atoms with van der Waals surface area (Å²) in [7, 11) is 0. The second kappa shape index (κ2) is 7.95. The standard InChI is InChI=1S/C16H25NO2/c1-4-9-17(12-16(18)19)11-15-7-5-14(6-8-15)10-13(2)3/h5-8,13H,4,9-12H2,1-3H3,(H,18,19). The van der Waals surface area contributed by atoms with E-state index in [2.05, 4.69) is 45.0 Å². The van der Waals surface area contributed by atoms with Gasteiger partial charge < -0.3 is 5.11 Å². The van der Waals surface area contributed by atoms with Crippen LogP contribution in [0.3, 0.4) is 0 Å². The molecule has 0 atom stereocenters. The first kappa shape index (κ1) is 15.7. The Morgan fingerprint density at radius 2 is 1.79 bits per heavy atom. The fraction of sp³-hybridized carbons (Fsp3) is 0.562. The fourth-order valence-electron chi connectivity index (χ4n) is 2.23. The lowest BCUT2D eigenvalue weighted by Crippen LogP contribution is -2.30. The van der Waals surface area contributed by atoms with Crippen molar-refractivity contribution in [2.24, 2.45) is 5.92 Å². The molecule has 1 aromatic rings. The molecule has 0 aliphatic heterocycles. The quantitative estimate of drug-likeness (QED) is 0.783. The highest BCUT2D eigenvalue weighted by molar-refractivity contribution is 5.69. The smallest absolute Gasteiger partial charge is 0.317 e. The van der Waals surface area contributed by atoms with Crippen LogP contribution in [-0.4, -0.2) is 29.1 Å². The summed E-state index contributed by atoms with van der Waals surface area (Å²) in [5.41, 5.74) is 2.53. The topological polar surface area (TPSA) is 40.5 Å². The Hall–Kier alpha value is -1.35. The molecule has 0 fully saturated rings. The van der Waals surface area contributed by atoms with E-state index in [1.54, 1.807) is 0 Å². The average Bonchev–Trinajstić information content (AvgIpc) is 2.30. The minimum absolute atomic E-state index is 0.113. The highest BCUT2D eigenvalue weighted by Gasteiger charge is 2.09. The van der Waals surface area contributed by atoms with Crippen LogP contribution in [0.1, 0.15) is 38.3 Å². The third-order valence-corrected chi connectivity index (χ3v) is 2.97. The molecule has 1 rings (SSSR count). The number of aliphatic carboxylic acids is 1. The molecule has 0 spiro atoms. The Morgan fingerprint density at radius 3 is 2.26 bits per heavy atom. The van der Waals surface area contributed by atoms with E-state index in [0.29, 0.717) is 12.5 Å². The van der Waals surface area contributed by atoms with Crippen molar-refractivity contribution >= 4 is 5.97 Å².